The Kier molecular flexibility index (Phi) is 5.15. The van der Waals surface area contributed by atoms with E-state index in [1.165, 1.54) is 11.3 Å². The highest BCUT2D eigenvalue weighted by molar-refractivity contribution is 9.11. The first-order valence-electron chi connectivity index (χ1n) is 5.35. The Balaban J connectivity index is 2.73. The van der Waals surface area contributed by atoms with Gasteiger partial charge in [-0.3, -0.25) is 4.79 Å². The highest BCUT2D eigenvalue weighted by atomic mass is 79.9. The number of carbonyl (C=O) groups excluding carboxylic acids is 1. The van der Waals surface area contributed by atoms with Gasteiger partial charge in [-0.05, 0) is 34.5 Å². The Morgan fingerprint density at radius 3 is 2.78 bits per heavy atom. The number of amidine groups is 1. The van der Waals surface area contributed by atoms with Crippen LogP contribution in [0.1, 0.15) is 22.2 Å². The number of hydrogen-bond acceptors (Lipinski definition) is 4. The molecule has 1 heterocycles. The van der Waals surface area contributed by atoms with Crippen LogP contribution in [0.2, 0.25) is 0 Å². The third kappa shape index (κ3) is 3.46. The van der Waals surface area contributed by atoms with E-state index in [9.17, 15) is 4.79 Å². The summed E-state index contributed by atoms with van der Waals surface area (Å²) in [4.78, 5) is 14.4. The number of rotatable bonds is 4. The van der Waals surface area contributed by atoms with Gasteiger partial charge in [0.15, 0.2) is 0 Å². The molecule has 0 spiro atoms. The predicted molar refractivity (Wildman–Crippen MR) is 76.3 cm³/mol. The molecule has 7 heteroatoms. The van der Waals surface area contributed by atoms with E-state index in [1.54, 1.807) is 18.9 Å². The lowest BCUT2D eigenvalue weighted by atomic mass is 10.1. The fraction of sp³-hybridized carbons (Fsp3) is 0.455. The molecule has 1 rings (SSSR count). The maximum absolute atomic E-state index is 12.1. The maximum Gasteiger partial charge on any atom is 0.263 e. The van der Waals surface area contributed by atoms with Crippen molar-refractivity contribution in [2.75, 3.05) is 13.6 Å². The van der Waals surface area contributed by atoms with Gasteiger partial charge in [-0.25, -0.2) is 0 Å². The molecule has 3 N–H and O–H groups in total. The lowest BCUT2D eigenvalue weighted by Crippen LogP contribution is -2.36. The zero-order valence-electron chi connectivity index (χ0n) is 10.5. The van der Waals surface area contributed by atoms with Gasteiger partial charge in [-0.15, -0.1) is 11.3 Å². The fourth-order valence-electron chi connectivity index (χ4n) is 1.44. The fourth-order valence-corrected chi connectivity index (χ4v) is 2.97. The number of oxime groups is 1. The summed E-state index contributed by atoms with van der Waals surface area (Å²) < 4.78 is 0.962. The molecule has 1 unspecified atom stereocenters. The first kappa shape index (κ1) is 15.0. The van der Waals surface area contributed by atoms with E-state index in [0.29, 0.717) is 11.4 Å². The molecule has 0 aliphatic heterocycles. The number of carbonyl (C=O) groups is 1. The highest BCUT2D eigenvalue weighted by Crippen LogP contribution is 2.28. The van der Waals surface area contributed by atoms with Crippen LogP contribution in [0.15, 0.2) is 15.0 Å². The molecular formula is C11H16BrN3O2S. The van der Waals surface area contributed by atoms with Crippen molar-refractivity contribution in [2.45, 2.75) is 13.8 Å². The van der Waals surface area contributed by atoms with Crippen LogP contribution in [-0.4, -0.2) is 35.4 Å². The van der Waals surface area contributed by atoms with Gasteiger partial charge in [0.1, 0.15) is 5.84 Å². The average Bonchev–Trinajstić information content (AvgIpc) is 2.67. The van der Waals surface area contributed by atoms with Crippen LogP contribution < -0.4 is 5.73 Å². The zero-order valence-corrected chi connectivity index (χ0v) is 12.9. The van der Waals surface area contributed by atoms with Crippen molar-refractivity contribution in [3.63, 3.8) is 0 Å². The van der Waals surface area contributed by atoms with Gasteiger partial charge < -0.3 is 15.8 Å². The van der Waals surface area contributed by atoms with Crippen LogP contribution in [0.5, 0.6) is 0 Å². The van der Waals surface area contributed by atoms with Gasteiger partial charge in [0.2, 0.25) is 0 Å². The number of amides is 1. The average molecular weight is 334 g/mol. The number of halogens is 1. The van der Waals surface area contributed by atoms with Gasteiger partial charge in [0.05, 0.1) is 8.66 Å². The van der Waals surface area contributed by atoms with E-state index < -0.39 is 0 Å². The summed E-state index contributed by atoms with van der Waals surface area (Å²) in [5.41, 5.74) is 6.53. The van der Waals surface area contributed by atoms with Crippen molar-refractivity contribution in [2.24, 2.45) is 16.8 Å². The van der Waals surface area contributed by atoms with Crippen LogP contribution in [0.4, 0.5) is 0 Å². The normalized spacial score (nSPS) is 13.4. The molecule has 0 fully saturated rings. The summed E-state index contributed by atoms with van der Waals surface area (Å²) in [6.45, 7) is 4.15. The molecule has 1 aromatic heterocycles. The Bertz CT molecular complexity index is 453. The monoisotopic (exact) mass is 333 g/mol. The molecule has 5 nitrogen and oxygen atoms in total. The van der Waals surface area contributed by atoms with Crippen LogP contribution in [0.3, 0.4) is 0 Å². The van der Waals surface area contributed by atoms with Gasteiger partial charge in [0.25, 0.3) is 5.91 Å². The minimum atomic E-state index is -0.187. The van der Waals surface area contributed by atoms with E-state index in [-0.39, 0.29) is 17.7 Å². The molecule has 0 aliphatic carbocycles. The van der Waals surface area contributed by atoms with Crippen molar-refractivity contribution in [1.29, 1.82) is 0 Å². The Labute approximate surface area is 118 Å². The van der Waals surface area contributed by atoms with E-state index in [2.05, 4.69) is 21.1 Å². The van der Waals surface area contributed by atoms with Gasteiger partial charge in [0, 0.05) is 19.5 Å². The number of nitrogens with two attached hydrogens (primary N) is 1. The van der Waals surface area contributed by atoms with Gasteiger partial charge >= 0.3 is 0 Å². The van der Waals surface area contributed by atoms with Gasteiger partial charge in [-0.1, -0.05) is 12.1 Å². The first-order valence-corrected chi connectivity index (χ1v) is 6.96. The molecule has 1 aromatic rings. The van der Waals surface area contributed by atoms with Crippen molar-refractivity contribution < 1.29 is 10.0 Å². The molecule has 0 aliphatic rings. The summed E-state index contributed by atoms with van der Waals surface area (Å²) in [6, 6.07) is 1.85. The predicted octanol–water partition coefficient (Wildman–Crippen LogP) is 2.27. The Morgan fingerprint density at radius 1 is 1.72 bits per heavy atom. The van der Waals surface area contributed by atoms with Crippen LogP contribution in [0, 0.1) is 12.8 Å². The third-order valence-electron chi connectivity index (χ3n) is 2.58. The second-order valence-electron chi connectivity index (χ2n) is 4.18. The van der Waals surface area contributed by atoms with Crippen molar-refractivity contribution in [3.05, 3.63) is 20.3 Å². The summed E-state index contributed by atoms with van der Waals surface area (Å²) >= 11 is 4.80. The number of nitrogens with zero attached hydrogens (tertiary/aromatic N) is 2. The highest BCUT2D eigenvalue weighted by Gasteiger charge is 2.19. The number of hydrogen-bond donors (Lipinski definition) is 2. The molecular weight excluding hydrogens is 318 g/mol. The molecule has 0 saturated carbocycles. The van der Waals surface area contributed by atoms with Crippen LogP contribution in [0.25, 0.3) is 0 Å². The molecule has 100 valence electrons. The molecule has 0 bridgehead atoms. The summed E-state index contributed by atoms with van der Waals surface area (Å²) in [5, 5.41) is 11.5. The largest absolute Gasteiger partial charge is 0.409 e. The van der Waals surface area contributed by atoms with Crippen molar-refractivity contribution in [3.8, 4) is 0 Å². The van der Waals surface area contributed by atoms with Crippen molar-refractivity contribution >= 4 is 39.0 Å². The number of aryl methyl sites for hydroxylation is 1. The second-order valence-corrected chi connectivity index (χ2v) is 6.55. The molecule has 0 aromatic carbocycles. The molecule has 0 radical (unpaired) electrons. The minimum absolute atomic E-state index is 0.0635. The SMILES string of the molecule is Cc1cc(C(=O)N(C)CC(C)C(N)=NO)sc1Br. The number of thiophene rings is 1. The standard InChI is InChI=1S/C11H16BrN3O2S/c1-6-4-8(18-9(6)12)11(16)15(3)5-7(2)10(13)14-17/h4,7,17H,5H2,1-3H3,(H2,13,14). The lowest BCUT2D eigenvalue weighted by Gasteiger charge is -2.20. The summed E-state index contributed by atoms with van der Waals surface area (Å²) in [5.74, 6) is -0.127. The zero-order chi connectivity index (χ0) is 13.9. The minimum Gasteiger partial charge on any atom is -0.409 e. The summed E-state index contributed by atoms with van der Waals surface area (Å²) in [7, 11) is 1.70. The summed E-state index contributed by atoms with van der Waals surface area (Å²) in [6.07, 6.45) is 0. The first-order chi connectivity index (χ1) is 8.36. The van der Waals surface area contributed by atoms with Gasteiger partial charge in [-0.2, -0.15) is 0 Å². The topological polar surface area (TPSA) is 78.9 Å². The molecule has 1 atom stereocenters. The van der Waals surface area contributed by atoms with E-state index in [1.807, 2.05) is 13.0 Å². The van der Waals surface area contributed by atoms with E-state index in [0.717, 1.165) is 9.35 Å². The Morgan fingerprint density at radius 2 is 2.33 bits per heavy atom. The van der Waals surface area contributed by atoms with Crippen molar-refractivity contribution in [1.82, 2.24) is 4.90 Å². The Hall–Kier alpha value is -1.08. The van der Waals surface area contributed by atoms with Crippen LogP contribution >= 0.6 is 27.3 Å². The lowest BCUT2D eigenvalue weighted by molar-refractivity contribution is 0.0790. The third-order valence-corrected chi connectivity index (χ3v) is 4.71. The molecule has 0 saturated heterocycles. The quantitative estimate of drug-likeness (QED) is 0.384. The van der Waals surface area contributed by atoms with E-state index in [4.69, 9.17) is 10.9 Å². The van der Waals surface area contributed by atoms with E-state index >= 15 is 0 Å². The smallest absolute Gasteiger partial charge is 0.263 e. The molecule has 18 heavy (non-hydrogen) atoms. The van der Waals surface area contributed by atoms with Crippen LogP contribution in [-0.2, 0) is 0 Å². The second kappa shape index (κ2) is 6.19. The maximum atomic E-state index is 12.1. The molecule has 1 amide bonds.